The van der Waals surface area contributed by atoms with Crippen molar-refractivity contribution in [3.05, 3.63) is 95.6 Å². The standard InChI is InChI=1S/C32H34O8/c1-5-23-9-14-26(15-10-23)39-31(34)24-11-16-27(17-12-24)40-32(35)25-13-18-28(29(21-25)36-4)37-19-7-6-8-20-38-30(33)22(2)3/h9-18,21H,2,5-8,19-20H2,1,3-4H3. The molecule has 0 aliphatic heterocycles. The van der Waals surface area contributed by atoms with Crippen LogP contribution in [0.15, 0.2) is 78.9 Å². The Hall–Kier alpha value is -4.59. The molecule has 0 atom stereocenters. The Morgan fingerprint density at radius 3 is 1.90 bits per heavy atom. The molecule has 0 bridgehead atoms. The SMILES string of the molecule is C=C(C)C(=O)OCCCCCOc1ccc(C(=O)Oc2ccc(C(=O)Oc3ccc(CC)cc3)cc2)cc1OC. The van der Waals surface area contributed by atoms with Crippen LogP contribution in [-0.4, -0.2) is 38.2 Å². The van der Waals surface area contributed by atoms with Gasteiger partial charge in [0.2, 0.25) is 0 Å². The molecule has 0 spiro atoms. The van der Waals surface area contributed by atoms with Gasteiger partial charge < -0.3 is 23.7 Å². The van der Waals surface area contributed by atoms with Gasteiger partial charge in [-0.2, -0.15) is 0 Å². The minimum atomic E-state index is -0.583. The summed E-state index contributed by atoms with van der Waals surface area (Å²) in [6, 6.07) is 18.2. The van der Waals surface area contributed by atoms with Crippen molar-refractivity contribution in [3.8, 4) is 23.0 Å². The summed E-state index contributed by atoms with van der Waals surface area (Å²) >= 11 is 0. The summed E-state index contributed by atoms with van der Waals surface area (Å²) < 4.78 is 27.1. The molecule has 0 radical (unpaired) electrons. The second-order valence-corrected chi connectivity index (χ2v) is 8.99. The summed E-state index contributed by atoms with van der Waals surface area (Å²) in [4.78, 5) is 36.5. The summed E-state index contributed by atoms with van der Waals surface area (Å²) in [6.07, 6.45) is 3.20. The highest BCUT2D eigenvalue weighted by Gasteiger charge is 2.15. The molecule has 210 valence electrons. The van der Waals surface area contributed by atoms with Crippen LogP contribution >= 0.6 is 0 Å². The lowest BCUT2D eigenvalue weighted by Crippen LogP contribution is -2.11. The van der Waals surface area contributed by atoms with E-state index >= 15 is 0 Å². The molecule has 3 aromatic carbocycles. The molecule has 0 N–H and O–H groups in total. The third kappa shape index (κ3) is 9.01. The molecule has 0 amide bonds. The number of hydrogen-bond acceptors (Lipinski definition) is 8. The van der Waals surface area contributed by atoms with Gasteiger partial charge in [-0.15, -0.1) is 0 Å². The number of carbonyl (C=O) groups excluding carboxylic acids is 3. The van der Waals surface area contributed by atoms with Gasteiger partial charge in [0.15, 0.2) is 11.5 Å². The number of ether oxygens (including phenoxy) is 5. The lowest BCUT2D eigenvalue weighted by Gasteiger charge is -2.12. The molecule has 0 heterocycles. The predicted molar refractivity (Wildman–Crippen MR) is 150 cm³/mol. The maximum Gasteiger partial charge on any atom is 0.343 e. The Balaban J connectivity index is 1.48. The first-order valence-corrected chi connectivity index (χ1v) is 13.1. The van der Waals surface area contributed by atoms with Crippen LogP contribution in [0, 0.1) is 0 Å². The number of benzene rings is 3. The van der Waals surface area contributed by atoms with Gasteiger partial charge in [-0.05, 0) is 92.8 Å². The lowest BCUT2D eigenvalue weighted by atomic mass is 10.2. The van der Waals surface area contributed by atoms with Crippen LogP contribution in [0.3, 0.4) is 0 Å². The van der Waals surface area contributed by atoms with Gasteiger partial charge in [0.1, 0.15) is 11.5 Å². The highest BCUT2D eigenvalue weighted by molar-refractivity contribution is 5.93. The first kappa shape index (κ1) is 30.0. The van der Waals surface area contributed by atoms with Gasteiger partial charge >= 0.3 is 17.9 Å². The molecule has 0 aliphatic rings. The monoisotopic (exact) mass is 546 g/mol. The largest absolute Gasteiger partial charge is 0.493 e. The molecular formula is C32H34O8. The molecule has 0 fully saturated rings. The zero-order valence-corrected chi connectivity index (χ0v) is 23.1. The van der Waals surface area contributed by atoms with Crippen LogP contribution in [0.2, 0.25) is 0 Å². The van der Waals surface area contributed by atoms with E-state index in [0.717, 1.165) is 31.2 Å². The Morgan fingerprint density at radius 1 is 0.725 bits per heavy atom. The summed E-state index contributed by atoms with van der Waals surface area (Å²) in [7, 11) is 1.49. The van der Waals surface area contributed by atoms with Crippen molar-refractivity contribution in [2.24, 2.45) is 0 Å². The maximum absolute atomic E-state index is 12.7. The minimum absolute atomic E-state index is 0.280. The van der Waals surface area contributed by atoms with E-state index in [2.05, 4.69) is 13.5 Å². The van der Waals surface area contributed by atoms with Crippen LogP contribution in [0.4, 0.5) is 0 Å². The fourth-order valence-corrected chi connectivity index (χ4v) is 3.55. The van der Waals surface area contributed by atoms with Gasteiger partial charge in [-0.25, -0.2) is 14.4 Å². The average Bonchev–Trinajstić information content (AvgIpc) is 2.97. The quantitative estimate of drug-likeness (QED) is 0.0997. The van der Waals surface area contributed by atoms with Crippen molar-refractivity contribution in [2.75, 3.05) is 20.3 Å². The van der Waals surface area contributed by atoms with Crippen molar-refractivity contribution in [1.29, 1.82) is 0 Å². The zero-order chi connectivity index (χ0) is 28.9. The second-order valence-electron chi connectivity index (χ2n) is 8.99. The summed E-state index contributed by atoms with van der Waals surface area (Å²) in [5.74, 6) is 0.164. The Bertz CT molecular complexity index is 1310. The minimum Gasteiger partial charge on any atom is -0.493 e. The first-order valence-electron chi connectivity index (χ1n) is 13.1. The Kier molecular flexibility index (Phi) is 11.3. The zero-order valence-electron chi connectivity index (χ0n) is 23.1. The summed E-state index contributed by atoms with van der Waals surface area (Å²) in [5.41, 5.74) is 2.14. The van der Waals surface area contributed by atoms with Crippen LogP contribution in [0.25, 0.3) is 0 Å². The normalized spacial score (nSPS) is 10.4. The molecule has 0 aliphatic carbocycles. The van der Waals surface area contributed by atoms with E-state index < -0.39 is 11.9 Å². The summed E-state index contributed by atoms with van der Waals surface area (Å²) in [5, 5.41) is 0. The van der Waals surface area contributed by atoms with Gasteiger partial charge in [0.25, 0.3) is 0 Å². The van der Waals surface area contributed by atoms with Crippen molar-refractivity contribution in [2.45, 2.75) is 39.5 Å². The number of carbonyl (C=O) groups is 3. The Morgan fingerprint density at radius 2 is 1.30 bits per heavy atom. The third-order valence-corrected chi connectivity index (χ3v) is 5.87. The van der Waals surface area contributed by atoms with Crippen LogP contribution in [-0.2, 0) is 16.0 Å². The number of unbranched alkanes of at least 4 members (excludes halogenated alkanes) is 2. The molecule has 0 saturated carbocycles. The smallest absolute Gasteiger partial charge is 0.343 e. The maximum atomic E-state index is 12.7. The molecule has 0 saturated heterocycles. The van der Waals surface area contributed by atoms with E-state index in [1.807, 2.05) is 12.1 Å². The topological polar surface area (TPSA) is 97.4 Å². The number of methoxy groups -OCH3 is 1. The predicted octanol–water partition coefficient (Wildman–Crippen LogP) is 6.36. The van der Waals surface area contributed by atoms with E-state index in [1.165, 1.54) is 31.4 Å². The summed E-state index contributed by atoms with van der Waals surface area (Å²) in [6.45, 7) is 7.99. The third-order valence-electron chi connectivity index (χ3n) is 5.87. The number of aryl methyl sites for hydroxylation is 1. The van der Waals surface area contributed by atoms with E-state index in [-0.39, 0.29) is 17.3 Å². The molecule has 3 rings (SSSR count). The van der Waals surface area contributed by atoms with E-state index in [4.69, 9.17) is 23.7 Å². The first-order chi connectivity index (χ1) is 19.3. The lowest BCUT2D eigenvalue weighted by molar-refractivity contribution is -0.139. The van der Waals surface area contributed by atoms with Crippen molar-refractivity contribution in [1.82, 2.24) is 0 Å². The molecule has 0 unspecified atom stereocenters. The molecule has 8 nitrogen and oxygen atoms in total. The number of esters is 3. The fourth-order valence-electron chi connectivity index (χ4n) is 3.55. The molecular weight excluding hydrogens is 512 g/mol. The van der Waals surface area contributed by atoms with Gasteiger partial charge in [-0.1, -0.05) is 25.6 Å². The van der Waals surface area contributed by atoms with Crippen LogP contribution < -0.4 is 18.9 Å². The fraction of sp³-hybridized carbons (Fsp3) is 0.281. The van der Waals surface area contributed by atoms with Gasteiger partial charge in [-0.3, -0.25) is 0 Å². The molecule has 40 heavy (non-hydrogen) atoms. The van der Waals surface area contributed by atoms with Crippen molar-refractivity contribution in [3.63, 3.8) is 0 Å². The molecule has 8 heteroatoms. The van der Waals surface area contributed by atoms with Crippen molar-refractivity contribution < 1.29 is 38.1 Å². The van der Waals surface area contributed by atoms with Crippen LogP contribution in [0.1, 0.15) is 59.4 Å². The Labute approximate surface area is 234 Å². The highest BCUT2D eigenvalue weighted by Crippen LogP contribution is 2.29. The molecule has 3 aromatic rings. The van der Waals surface area contributed by atoms with Gasteiger partial charge in [0.05, 0.1) is 31.5 Å². The van der Waals surface area contributed by atoms with E-state index in [0.29, 0.717) is 41.6 Å². The average molecular weight is 547 g/mol. The van der Waals surface area contributed by atoms with E-state index in [9.17, 15) is 14.4 Å². The van der Waals surface area contributed by atoms with Crippen LogP contribution in [0.5, 0.6) is 23.0 Å². The highest BCUT2D eigenvalue weighted by atomic mass is 16.5. The second kappa shape index (κ2) is 15.1. The molecule has 0 aromatic heterocycles. The van der Waals surface area contributed by atoms with E-state index in [1.54, 1.807) is 37.3 Å². The van der Waals surface area contributed by atoms with Gasteiger partial charge in [0, 0.05) is 5.57 Å². The number of rotatable bonds is 14. The number of hydrogen-bond donors (Lipinski definition) is 0. The van der Waals surface area contributed by atoms with Crippen molar-refractivity contribution >= 4 is 17.9 Å².